The minimum Gasteiger partial charge on any atom is -0.309 e. The van der Waals surface area contributed by atoms with Gasteiger partial charge in [0.2, 0.25) is 5.95 Å². The summed E-state index contributed by atoms with van der Waals surface area (Å²) in [4.78, 5) is 12.3. The molecule has 1 atom stereocenters. The predicted molar refractivity (Wildman–Crippen MR) is 209 cm³/mol. The number of benzene rings is 6. The molecule has 0 radical (unpaired) electrons. The highest BCUT2D eigenvalue weighted by atomic mass is 32.1. The third-order valence-electron chi connectivity index (χ3n) is 10.5. The summed E-state index contributed by atoms with van der Waals surface area (Å²) in [5.41, 5.74) is 11.6. The van der Waals surface area contributed by atoms with E-state index in [4.69, 9.17) is 9.97 Å². The molecule has 0 aliphatic heterocycles. The Kier molecular flexibility index (Phi) is 5.84. The molecule has 1 unspecified atom stereocenters. The second kappa shape index (κ2) is 10.5. The van der Waals surface area contributed by atoms with Crippen molar-refractivity contribution in [1.29, 1.82) is 0 Å². The van der Waals surface area contributed by atoms with Gasteiger partial charge in [0.05, 0.1) is 33.5 Å². The third-order valence-corrected chi connectivity index (χ3v) is 12.0. The normalized spacial score (nSPS) is 14.2. The summed E-state index contributed by atoms with van der Waals surface area (Å²) in [7, 11) is 0. The fourth-order valence-corrected chi connectivity index (χ4v) is 9.66. The molecular formula is C45H30N4S. The standard InChI is InChI=1S/C45H30N4S/c1-27-25-35-31-16-7-11-21-38(31)49(43(35)41-33-18-8-12-22-40(33)50-44(27)41)45-46-36-19-9-5-17-32(36)42(47-45)28-23-24-39-34(26-28)30-15-6-10-20-37(30)48(39)29-13-3-2-4-14-29/h2-24,26-27H,25H2,1H3. The molecule has 10 aromatic rings. The van der Waals surface area contributed by atoms with E-state index in [9.17, 15) is 0 Å². The first-order valence-electron chi connectivity index (χ1n) is 17.2. The van der Waals surface area contributed by atoms with Gasteiger partial charge in [0.25, 0.3) is 0 Å². The maximum Gasteiger partial charge on any atom is 0.235 e. The highest BCUT2D eigenvalue weighted by molar-refractivity contribution is 7.19. The monoisotopic (exact) mass is 658 g/mol. The fourth-order valence-electron chi connectivity index (χ4n) is 8.40. The van der Waals surface area contributed by atoms with Crippen LogP contribution in [0.15, 0.2) is 146 Å². The van der Waals surface area contributed by atoms with Gasteiger partial charge in [0, 0.05) is 53.3 Å². The molecule has 0 N–H and O–H groups in total. The average molecular weight is 659 g/mol. The zero-order chi connectivity index (χ0) is 32.9. The topological polar surface area (TPSA) is 35.6 Å². The van der Waals surface area contributed by atoms with Crippen molar-refractivity contribution in [2.45, 2.75) is 19.3 Å². The van der Waals surface area contributed by atoms with E-state index in [1.54, 1.807) is 0 Å². The zero-order valence-electron chi connectivity index (χ0n) is 27.3. The Morgan fingerprint density at radius 3 is 2.08 bits per heavy atom. The lowest BCUT2D eigenvalue weighted by molar-refractivity contribution is 0.765. The summed E-state index contributed by atoms with van der Waals surface area (Å²) in [5.74, 6) is 1.14. The molecule has 0 spiro atoms. The van der Waals surface area contributed by atoms with Crippen molar-refractivity contribution in [3.63, 3.8) is 0 Å². The molecule has 4 aromatic heterocycles. The summed E-state index contributed by atoms with van der Waals surface area (Å²) in [5, 5.41) is 6.07. The van der Waals surface area contributed by atoms with E-state index < -0.39 is 0 Å². The number of para-hydroxylation sites is 4. The van der Waals surface area contributed by atoms with Crippen LogP contribution in [0.1, 0.15) is 23.3 Å². The Labute approximate surface area is 292 Å². The van der Waals surface area contributed by atoms with Crippen molar-refractivity contribution in [3.05, 3.63) is 156 Å². The SMILES string of the molecule is CC1Cc2c(n(-c3nc(-c4ccc5c(c4)c4ccccc4n5-c4ccccc4)c4ccccc4n3)c3ccccc23)-c2c1sc1ccccc21. The average Bonchev–Trinajstić information content (AvgIpc) is 3.83. The Morgan fingerprint density at radius 1 is 0.580 bits per heavy atom. The molecule has 236 valence electrons. The number of fused-ring (bicyclic) bond motifs is 11. The smallest absolute Gasteiger partial charge is 0.235 e. The maximum atomic E-state index is 5.53. The minimum absolute atomic E-state index is 0.437. The molecule has 11 rings (SSSR count). The largest absolute Gasteiger partial charge is 0.309 e. The number of nitrogens with zero attached hydrogens (tertiary/aromatic N) is 4. The molecule has 1 aliphatic rings. The third kappa shape index (κ3) is 3.86. The molecule has 4 heterocycles. The first-order chi connectivity index (χ1) is 24.7. The fraction of sp³-hybridized carbons (Fsp3) is 0.0667. The Hall–Kier alpha value is -6.04. The van der Waals surface area contributed by atoms with Gasteiger partial charge in [0.1, 0.15) is 0 Å². The number of hydrogen-bond donors (Lipinski definition) is 0. The van der Waals surface area contributed by atoms with Crippen molar-refractivity contribution in [1.82, 2.24) is 19.1 Å². The van der Waals surface area contributed by atoms with Crippen LogP contribution in [0.25, 0.3) is 87.8 Å². The van der Waals surface area contributed by atoms with Gasteiger partial charge in [-0.2, -0.15) is 0 Å². The lowest BCUT2D eigenvalue weighted by Gasteiger charge is -2.22. The van der Waals surface area contributed by atoms with Gasteiger partial charge in [-0.3, -0.25) is 4.57 Å². The van der Waals surface area contributed by atoms with E-state index in [0.29, 0.717) is 11.9 Å². The highest BCUT2D eigenvalue weighted by Crippen LogP contribution is 2.51. The lowest BCUT2D eigenvalue weighted by Crippen LogP contribution is -2.10. The van der Waals surface area contributed by atoms with Crippen LogP contribution in [0.2, 0.25) is 0 Å². The van der Waals surface area contributed by atoms with E-state index >= 15 is 0 Å². The van der Waals surface area contributed by atoms with Crippen LogP contribution in [-0.4, -0.2) is 19.1 Å². The van der Waals surface area contributed by atoms with Gasteiger partial charge in [-0.25, -0.2) is 9.97 Å². The first kappa shape index (κ1) is 27.9. The molecule has 6 aromatic carbocycles. The molecule has 0 fully saturated rings. The quantitative estimate of drug-likeness (QED) is 0.189. The van der Waals surface area contributed by atoms with E-state index in [-0.39, 0.29) is 0 Å². The lowest BCUT2D eigenvalue weighted by atomic mass is 9.86. The van der Waals surface area contributed by atoms with E-state index in [1.807, 2.05) is 11.3 Å². The van der Waals surface area contributed by atoms with E-state index in [0.717, 1.165) is 39.8 Å². The summed E-state index contributed by atoms with van der Waals surface area (Å²) in [6.45, 7) is 2.37. The number of aromatic nitrogens is 4. The molecule has 0 bridgehead atoms. The number of hydrogen-bond acceptors (Lipinski definition) is 3. The van der Waals surface area contributed by atoms with Crippen molar-refractivity contribution in [2.75, 3.05) is 0 Å². The van der Waals surface area contributed by atoms with Crippen LogP contribution >= 0.6 is 11.3 Å². The molecule has 5 heteroatoms. The zero-order valence-corrected chi connectivity index (χ0v) is 28.2. The summed E-state index contributed by atoms with van der Waals surface area (Å²) in [6, 6.07) is 52.2. The maximum absolute atomic E-state index is 5.53. The first-order valence-corrected chi connectivity index (χ1v) is 18.0. The van der Waals surface area contributed by atoms with Crippen molar-refractivity contribution >= 4 is 65.0 Å². The second-order valence-electron chi connectivity index (χ2n) is 13.4. The van der Waals surface area contributed by atoms with Crippen molar-refractivity contribution in [2.24, 2.45) is 0 Å². The summed E-state index contributed by atoms with van der Waals surface area (Å²) < 4.78 is 6.04. The minimum atomic E-state index is 0.437. The van der Waals surface area contributed by atoms with Crippen molar-refractivity contribution in [3.8, 4) is 34.2 Å². The Morgan fingerprint density at radius 2 is 1.24 bits per heavy atom. The Balaban J connectivity index is 1.21. The number of thiophene rings is 1. The summed E-state index contributed by atoms with van der Waals surface area (Å²) in [6.07, 6.45) is 0.991. The van der Waals surface area contributed by atoms with Gasteiger partial charge in [-0.1, -0.05) is 104 Å². The Bertz CT molecular complexity index is 2980. The van der Waals surface area contributed by atoms with Crippen molar-refractivity contribution < 1.29 is 0 Å². The van der Waals surface area contributed by atoms with Gasteiger partial charge >= 0.3 is 0 Å². The van der Waals surface area contributed by atoms with Gasteiger partial charge in [-0.05, 0) is 66.4 Å². The van der Waals surface area contributed by atoms with Crippen LogP contribution in [0.3, 0.4) is 0 Å². The van der Waals surface area contributed by atoms with E-state index in [2.05, 4.69) is 162 Å². The molecular weight excluding hydrogens is 629 g/mol. The summed E-state index contributed by atoms with van der Waals surface area (Å²) >= 11 is 1.93. The molecule has 0 amide bonds. The van der Waals surface area contributed by atoms with Crippen LogP contribution < -0.4 is 0 Å². The molecule has 0 saturated heterocycles. The van der Waals surface area contributed by atoms with Crippen LogP contribution in [0, 0.1) is 0 Å². The van der Waals surface area contributed by atoms with Crippen LogP contribution in [0.4, 0.5) is 0 Å². The molecule has 4 nitrogen and oxygen atoms in total. The van der Waals surface area contributed by atoms with Gasteiger partial charge in [-0.15, -0.1) is 11.3 Å². The molecule has 50 heavy (non-hydrogen) atoms. The predicted octanol–water partition coefficient (Wildman–Crippen LogP) is 11.9. The molecule has 1 aliphatic carbocycles. The van der Waals surface area contributed by atoms with Gasteiger partial charge < -0.3 is 4.57 Å². The molecule has 0 saturated carbocycles. The van der Waals surface area contributed by atoms with Crippen LogP contribution in [0.5, 0.6) is 0 Å². The second-order valence-corrected chi connectivity index (χ2v) is 14.5. The van der Waals surface area contributed by atoms with Gasteiger partial charge in [0.15, 0.2) is 0 Å². The van der Waals surface area contributed by atoms with Crippen LogP contribution in [-0.2, 0) is 6.42 Å². The van der Waals surface area contributed by atoms with E-state index in [1.165, 1.54) is 59.0 Å². The highest BCUT2D eigenvalue weighted by Gasteiger charge is 2.33. The number of rotatable bonds is 3.